The Morgan fingerprint density at radius 2 is 1.59 bits per heavy atom. The highest BCUT2D eigenvalue weighted by Crippen LogP contribution is 2.25. The molecule has 2 aromatic carbocycles. The van der Waals surface area contributed by atoms with Gasteiger partial charge >= 0.3 is 0 Å². The van der Waals surface area contributed by atoms with Crippen LogP contribution in [0.5, 0.6) is 11.5 Å². The summed E-state index contributed by atoms with van der Waals surface area (Å²) in [6, 6.07) is 16.5. The van der Waals surface area contributed by atoms with Gasteiger partial charge in [-0.25, -0.2) is 0 Å². The minimum atomic E-state index is -0.749. The number of rotatable bonds is 9. The molecule has 0 saturated carbocycles. The standard InChI is InChI=1S/C27H38N2O3/c1-23-8-10-25(11-9-23)32-22-27(30)12-16-29(17-13-27)21-24-6-5-7-26(20-24)31-19-18-28-14-3-2-4-15-28/h5-11,20,30H,2-4,12-19,21-22H2,1H3. The van der Waals surface area contributed by atoms with Crippen LogP contribution in [-0.4, -0.2) is 66.4 Å². The quantitative estimate of drug-likeness (QED) is 0.634. The Morgan fingerprint density at radius 3 is 2.34 bits per heavy atom. The monoisotopic (exact) mass is 438 g/mol. The topological polar surface area (TPSA) is 45.2 Å². The van der Waals surface area contributed by atoms with Gasteiger partial charge in [0.25, 0.3) is 0 Å². The van der Waals surface area contributed by atoms with Gasteiger partial charge in [0.15, 0.2) is 0 Å². The fraction of sp³-hybridized carbons (Fsp3) is 0.556. The highest BCUT2D eigenvalue weighted by atomic mass is 16.5. The molecular weight excluding hydrogens is 400 g/mol. The number of aryl methyl sites for hydroxylation is 1. The van der Waals surface area contributed by atoms with E-state index in [4.69, 9.17) is 9.47 Å². The molecule has 4 rings (SSSR count). The van der Waals surface area contributed by atoms with Gasteiger partial charge in [-0.05, 0) is 75.5 Å². The van der Waals surface area contributed by atoms with Crippen molar-refractivity contribution in [2.45, 2.75) is 51.2 Å². The summed E-state index contributed by atoms with van der Waals surface area (Å²) in [5.41, 5.74) is 1.73. The van der Waals surface area contributed by atoms with Crippen LogP contribution in [0.1, 0.15) is 43.2 Å². The number of ether oxygens (including phenoxy) is 2. The van der Waals surface area contributed by atoms with Crippen molar-refractivity contribution in [3.8, 4) is 11.5 Å². The third kappa shape index (κ3) is 6.96. The van der Waals surface area contributed by atoms with E-state index in [0.29, 0.717) is 6.61 Å². The van der Waals surface area contributed by atoms with E-state index in [0.717, 1.165) is 57.1 Å². The first-order chi connectivity index (χ1) is 15.6. The molecule has 174 valence electrons. The average Bonchev–Trinajstić information content (AvgIpc) is 2.82. The van der Waals surface area contributed by atoms with Crippen molar-refractivity contribution in [3.63, 3.8) is 0 Å². The summed E-state index contributed by atoms with van der Waals surface area (Å²) in [5, 5.41) is 10.9. The first-order valence-corrected chi connectivity index (χ1v) is 12.2. The molecule has 32 heavy (non-hydrogen) atoms. The SMILES string of the molecule is Cc1ccc(OCC2(O)CCN(Cc3cccc(OCCN4CCCCC4)c3)CC2)cc1. The van der Waals surface area contributed by atoms with E-state index in [2.05, 4.69) is 41.0 Å². The maximum absolute atomic E-state index is 10.9. The number of likely N-dealkylation sites (tertiary alicyclic amines) is 2. The molecule has 5 nitrogen and oxygen atoms in total. The van der Waals surface area contributed by atoms with Gasteiger partial charge in [-0.15, -0.1) is 0 Å². The lowest BCUT2D eigenvalue weighted by Crippen LogP contribution is -2.47. The highest BCUT2D eigenvalue weighted by Gasteiger charge is 2.33. The molecule has 0 amide bonds. The number of nitrogens with zero attached hydrogens (tertiary/aromatic N) is 2. The van der Waals surface area contributed by atoms with Crippen molar-refractivity contribution in [1.82, 2.24) is 9.80 Å². The van der Waals surface area contributed by atoms with Crippen molar-refractivity contribution in [2.24, 2.45) is 0 Å². The molecule has 0 aromatic heterocycles. The predicted molar refractivity (Wildman–Crippen MR) is 128 cm³/mol. The van der Waals surface area contributed by atoms with Gasteiger partial charge in [0.2, 0.25) is 0 Å². The Labute approximate surface area is 192 Å². The predicted octanol–water partition coefficient (Wildman–Crippen LogP) is 4.27. The Hall–Kier alpha value is -2.08. The molecule has 2 aliphatic heterocycles. The van der Waals surface area contributed by atoms with E-state index in [1.54, 1.807) is 0 Å². The summed E-state index contributed by atoms with van der Waals surface area (Å²) in [6.45, 7) is 9.22. The molecule has 2 fully saturated rings. The molecule has 0 atom stereocenters. The summed E-state index contributed by atoms with van der Waals surface area (Å²) in [5.74, 6) is 1.78. The second-order valence-electron chi connectivity index (χ2n) is 9.50. The number of piperidine rings is 2. The van der Waals surface area contributed by atoms with E-state index in [9.17, 15) is 5.11 Å². The third-order valence-electron chi connectivity index (χ3n) is 6.74. The van der Waals surface area contributed by atoms with Gasteiger partial charge in [-0.2, -0.15) is 0 Å². The molecule has 2 heterocycles. The minimum absolute atomic E-state index is 0.351. The molecule has 2 aromatic rings. The summed E-state index contributed by atoms with van der Waals surface area (Å²) in [4.78, 5) is 4.91. The van der Waals surface area contributed by atoms with E-state index < -0.39 is 5.60 Å². The Balaban J connectivity index is 1.19. The van der Waals surface area contributed by atoms with Gasteiger partial charge in [0, 0.05) is 26.2 Å². The zero-order valence-corrected chi connectivity index (χ0v) is 19.5. The van der Waals surface area contributed by atoms with Crippen LogP contribution in [0.4, 0.5) is 0 Å². The fourth-order valence-electron chi connectivity index (χ4n) is 4.59. The lowest BCUT2D eigenvalue weighted by atomic mass is 9.92. The molecule has 0 radical (unpaired) electrons. The first kappa shape index (κ1) is 23.1. The largest absolute Gasteiger partial charge is 0.492 e. The second kappa shape index (κ2) is 11.2. The van der Waals surface area contributed by atoms with Crippen LogP contribution in [0.2, 0.25) is 0 Å². The Bertz CT molecular complexity index is 825. The lowest BCUT2D eigenvalue weighted by Gasteiger charge is -2.38. The minimum Gasteiger partial charge on any atom is -0.492 e. The van der Waals surface area contributed by atoms with Crippen molar-refractivity contribution in [1.29, 1.82) is 0 Å². The maximum atomic E-state index is 10.9. The van der Waals surface area contributed by atoms with Crippen molar-refractivity contribution >= 4 is 0 Å². The van der Waals surface area contributed by atoms with Gasteiger partial charge in [0.1, 0.15) is 30.3 Å². The van der Waals surface area contributed by atoms with Gasteiger partial charge < -0.3 is 14.6 Å². The smallest absolute Gasteiger partial charge is 0.119 e. The fourth-order valence-corrected chi connectivity index (χ4v) is 4.59. The van der Waals surface area contributed by atoms with Crippen LogP contribution in [0.15, 0.2) is 48.5 Å². The highest BCUT2D eigenvalue weighted by molar-refractivity contribution is 5.29. The normalized spacial score (nSPS) is 19.6. The molecule has 2 aliphatic rings. The number of hydrogen-bond acceptors (Lipinski definition) is 5. The zero-order valence-electron chi connectivity index (χ0n) is 19.5. The molecule has 2 saturated heterocycles. The van der Waals surface area contributed by atoms with Gasteiger partial charge in [-0.1, -0.05) is 36.2 Å². The van der Waals surface area contributed by atoms with Crippen LogP contribution < -0.4 is 9.47 Å². The van der Waals surface area contributed by atoms with Crippen LogP contribution >= 0.6 is 0 Å². The van der Waals surface area contributed by atoms with Crippen molar-refractivity contribution in [2.75, 3.05) is 45.9 Å². The summed E-state index contributed by atoms with van der Waals surface area (Å²) < 4.78 is 11.9. The van der Waals surface area contributed by atoms with Gasteiger partial charge in [-0.3, -0.25) is 9.80 Å². The average molecular weight is 439 g/mol. The van der Waals surface area contributed by atoms with Crippen LogP contribution in [0.25, 0.3) is 0 Å². The number of benzene rings is 2. The zero-order chi connectivity index (χ0) is 22.2. The molecule has 5 heteroatoms. The molecular formula is C27H38N2O3. The molecule has 0 bridgehead atoms. The number of hydrogen-bond donors (Lipinski definition) is 1. The summed E-state index contributed by atoms with van der Waals surface area (Å²) in [6.07, 6.45) is 5.46. The molecule has 0 aliphatic carbocycles. The van der Waals surface area contributed by atoms with Crippen LogP contribution in [-0.2, 0) is 6.54 Å². The second-order valence-corrected chi connectivity index (χ2v) is 9.50. The Morgan fingerprint density at radius 1 is 0.844 bits per heavy atom. The van der Waals surface area contributed by atoms with Crippen LogP contribution in [0.3, 0.4) is 0 Å². The lowest BCUT2D eigenvalue weighted by molar-refractivity contribution is -0.0537. The molecule has 0 spiro atoms. The maximum Gasteiger partial charge on any atom is 0.119 e. The van der Waals surface area contributed by atoms with E-state index in [1.807, 2.05) is 24.3 Å². The van der Waals surface area contributed by atoms with Crippen molar-refractivity contribution < 1.29 is 14.6 Å². The molecule has 0 unspecified atom stereocenters. The van der Waals surface area contributed by atoms with Gasteiger partial charge in [0.05, 0.1) is 0 Å². The summed E-state index contributed by atoms with van der Waals surface area (Å²) in [7, 11) is 0. The number of aliphatic hydroxyl groups is 1. The van der Waals surface area contributed by atoms with Crippen molar-refractivity contribution in [3.05, 3.63) is 59.7 Å². The molecule has 1 N–H and O–H groups in total. The van der Waals surface area contributed by atoms with E-state index >= 15 is 0 Å². The first-order valence-electron chi connectivity index (χ1n) is 12.2. The third-order valence-corrected chi connectivity index (χ3v) is 6.74. The van der Waals surface area contributed by atoms with E-state index in [-0.39, 0.29) is 0 Å². The Kier molecular flexibility index (Phi) is 8.06. The summed E-state index contributed by atoms with van der Waals surface area (Å²) >= 11 is 0. The van der Waals surface area contributed by atoms with Crippen LogP contribution in [0, 0.1) is 6.92 Å². The van der Waals surface area contributed by atoms with E-state index in [1.165, 1.54) is 43.5 Å².